The van der Waals surface area contributed by atoms with Gasteiger partial charge in [0.1, 0.15) is 11.6 Å². The molecule has 6 rings (SSSR count). The number of rotatable bonds is 3. The maximum atomic E-state index is 13.6. The van der Waals surface area contributed by atoms with Gasteiger partial charge in [-0.05, 0) is 43.7 Å². The van der Waals surface area contributed by atoms with Crippen LogP contribution in [0.2, 0.25) is 0 Å². The van der Waals surface area contributed by atoms with Crippen LogP contribution in [0.3, 0.4) is 0 Å². The predicted molar refractivity (Wildman–Crippen MR) is 123 cm³/mol. The average molecular weight is 442 g/mol. The van der Waals surface area contributed by atoms with Crippen LogP contribution in [-0.2, 0) is 0 Å². The Hall–Kier alpha value is -3.81. The number of amides is 1. The summed E-state index contributed by atoms with van der Waals surface area (Å²) in [4.78, 5) is 26.9. The molecule has 33 heavy (non-hydrogen) atoms. The van der Waals surface area contributed by atoms with Gasteiger partial charge < -0.3 is 9.80 Å². The van der Waals surface area contributed by atoms with Gasteiger partial charge in [-0.25, -0.2) is 14.1 Å². The Morgan fingerprint density at radius 1 is 1.12 bits per heavy atom. The molecule has 0 radical (unpaired) electrons. The number of aryl methyl sites for hydroxylation is 1. The highest BCUT2D eigenvalue weighted by molar-refractivity contribution is 5.98. The first kappa shape index (κ1) is 19.8. The van der Waals surface area contributed by atoms with E-state index in [1.54, 1.807) is 23.1 Å². The number of aromatic nitrogens is 4. The van der Waals surface area contributed by atoms with E-state index in [2.05, 4.69) is 15.0 Å². The number of hydrogen-bond acceptors (Lipinski definition) is 5. The quantitative estimate of drug-likeness (QED) is 0.485. The Kier molecular flexibility index (Phi) is 4.60. The number of fused-ring (bicyclic) bond motifs is 2. The van der Waals surface area contributed by atoms with Crippen LogP contribution < -0.4 is 4.90 Å². The molecule has 2 saturated heterocycles. The smallest absolute Gasteiger partial charge is 0.256 e. The van der Waals surface area contributed by atoms with Crippen LogP contribution in [0.15, 0.2) is 61.1 Å². The normalized spacial score (nSPS) is 19.9. The molecular formula is C25H23FN6O. The number of nitrogens with zero attached hydrogens (tertiary/aromatic N) is 6. The maximum Gasteiger partial charge on any atom is 0.256 e. The Morgan fingerprint density at radius 3 is 2.88 bits per heavy atom. The van der Waals surface area contributed by atoms with Crippen LogP contribution in [0.4, 0.5) is 10.2 Å². The molecule has 2 fully saturated rings. The minimum atomic E-state index is -0.319. The Bertz CT molecular complexity index is 1350. The molecule has 0 N–H and O–H groups in total. The summed E-state index contributed by atoms with van der Waals surface area (Å²) in [5.74, 6) is 1.01. The number of anilines is 1. The molecule has 0 saturated carbocycles. The molecule has 1 amide bonds. The van der Waals surface area contributed by atoms with Gasteiger partial charge in [-0.3, -0.25) is 9.78 Å². The Morgan fingerprint density at radius 2 is 2.03 bits per heavy atom. The van der Waals surface area contributed by atoms with Gasteiger partial charge in [0, 0.05) is 44.0 Å². The number of piperidine rings is 1. The fourth-order valence-corrected chi connectivity index (χ4v) is 4.96. The average Bonchev–Trinajstić information content (AvgIpc) is 3.34. The van der Waals surface area contributed by atoms with Crippen molar-refractivity contribution >= 4 is 22.8 Å². The molecule has 8 heteroatoms. The molecular weight excluding hydrogens is 419 g/mol. The van der Waals surface area contributed by atoms with Gasteiger partial charge >= 0.3 is 0 Å². The number of benzene rings is 2. The molecule has 2 aliphatic heterocycles. The maximum absolute atomic E-state index is 13.6. The Labute approximate surface area is 190 Å². The minimum Gasteiger partial charge on any atom is -0.350 e. The summed E-state index contributed by atoms with van der Waals surface area (Å²) < 4.78 is 15.2. The zero-order chi connectivity index (χ0) is 22.5. The van der Waals surface area contributed by atoms with Gasteiger partial charge in [-0.1, -0.05) is 11.6 Å². The van der Waals surface area contributed by atoms with E-state index in [0.29, 0.717) is 29.1 Å². The second-order valence-corrected chi connectivity index (χ2v) is 8.85. The van der Waals surface area contributed by atoms with Gasteiger partial charge in [-0.15, -0.1) is 0 Å². The molecule has 4 aromatic rings. The number of carbonyl (C=O) groups excluding carboxylic acids is 1. The van der Waals surface area contributed by atoms with Gasteiger partial charge in [0.2, 0.25) is 0 Å². The highest BCUT2D eigenvalue weighted by Gasteiger charge is 2.44. The fourth-order valence-electron chi connectivity index (χ4n) is 4.96. The Balaban J connectivity index is 1.26. The summed E-state index contributed by atoms with van der Waals surface area (Å²) in [6, 6.07) is 12.4. The molecule has 7 nitrogen and oxygen atoms in total. The minimum absolute atomic E-state index is 0.0228. The lowest BCUT2D eigenvalue weighted by atomic mass is 9.82. The number of halogens is 1. The molecule has 0 spiro atoms. The summed E-state index contributed by atoms with van der Waals surface area (Å²) in [7, 11) is 0. The highest BCUT2D eigenvalue weighted by atomic mass is 19.1. The highest BCUT2D eigenvalue weighted by Crippen LogP contribution is 2.36. The summed E-state index contributed by atoms with van der Waals surface area (Å²) in [5, 5.41) is 4.32. The van der Waals surface area contributed by atoms with Crippen molar-refractivity contribution in [2.45, 2.75) is 19.4 Å². The lowest BCUT2D eigenvalue weighted by molar-refractivity contribution is 0.0591. The first-order valence-electron chi connectivity index (χ1n) is 11.2. The van der Waals surface area contributed by atoms with Crippen LogP contribution >= 0.6 is 0 Å². The molecule has 0 bridgehead atoms. The van der Waals surface area contributed by atoms with E-state index in [0.717, 1.165) is 36.6 Å². The summed E-state index contributed by atoms with van der Waals surface area (Å²) in [5.41, 5.74) is 3.70. The first-order valence-corrected chi connectivity index (χ1v) is 11.2. The first-order chi connectivity index (χ1) is 16.1. The van der Waals surface area contributed by atoms with Gasteiger partial charge in [0.25, 0.3) is 5.91 Å². The van der Waals surface area contributed by atoms with Crippen molar-refractivity contribution in [3.05, 3.63) is 78.0 Å². The van der Waals surface area contributed by atoms with Crippen molar-refractivity contribution in [2.75, 3.05) is 24.5 Å². The van der Waals surface area contributed by atoms with Gasteiger partial charge in [-0.2, -0.15) is 5.10 Å². The van der Waals surface area contributed by atoms with Crippen molar-refractivity contribution in [3.63, 3.8) is 0 Å². The van der Waals surface area contributed by atoms with Crippen molar-refractivity contribution < 1.29 is 9.18 Å². The fraction of sp³-hybridized carbons (Fsp3) is 0.280. The second-order valence-electron chi connectivity index (χ2n) is 8.85. The van der Waals surface area contributed by atoms with E-state index in [1.165, 1.54) is 12.1 Å². The molecule has 2 atom stereocenters. The molecule has 2 aromatic carbocycles. The lowest BCUT2D eigenvalue weighted by Crippen LogP contribution is -2.65. The lowest BCUT2D eigenvalue weighted by Gasteiger charge is -2.53. The summed E-state index contributed by atoms with van der Waals surface area (Å²) in [6.07, 6.45) is 6.23. The van der Waals surface area contributed by atoms with Crippen molar-refractivity contribution in [3.8, 4) is 5.69 Å². The molecule has 4 heterocycles. The third-order valence-electron chi connectivity index (χ3n) is 6.76. The van der Waals surface area contributed by atoms with Gasteiger partial charge in [0.05, 0.1) is 34.5 Å². The summed E-state index contributed by atoms with van der Waals surface area (Å²) >= 11 is 0. The van der Waals surface area contributed by atoms with Crippen LogP contribution in [0.25, 0.3) is 16.7 Å². The van der Waals surface area contributed by atoms with E-state index in [4.69, 9.17) is 4.98 Å². The number of hydrogen-bond donors (Lipinski definition) is 0. The van der Waals surface area contributed by atoms with E-state index in [-0.39, 0.29) is 17.8 Å². The van der Waals surface area contributed by atoms with E-state index < -0.39 is 0 Å². The molecule has 0 aliphatic carbocycles. The largest absolute Gasteiger partial charge is 0.350 e. The van der Waals surface area contributed by atoms with Crippen LogP contribution in [-0.4, -0.2) is 56.2 Å². The van der Waals surface area contributed by atoms with Crippen LogP contribution in [0.5, 0.6) is 0 Å². The van der Waals surface area contributed by atoms with E-state index in [1.807, 2.05) is 42.3 Å². The van der Waals surface area contributed by atoms with E-state index >= 15 is 0 Å². The molecule has 166 valence electrons. The molecule has 2 aliphatic rings. The van der Waals surface area contributed by atoms with Crippen LogP contribution in [0.1, 0.15) is 22.3 Å². The number of likely N-dealkylation sites (tertiary alicyclic amines) is 1. The van der Waals surface area contributed by atoms with Crippen LogP contribution in [0, 0.1) is 18.7 Å². The zero-order valence-electron chi connectivity index (χ0n) is 18.2. The monoisotopic (exact) mass is 442 g/mol. The second kappa shape index (κ2) is 7.65. The SMILES string of the molecule is Cc1ccc(-n2cccn2)c(C(=O)N2CC[C@H]3CN(c4cnc5cc(F)ccc5n4)[C@H]3C2)c1. The predicted octanol–water partition coefficient (Wildman–Crippen LogP) is 3.61. The third-order valence-corrected chi connectivity index (χ3v) is 6.76. The van der Waals surface area contributed by atoms with Gasteiger partial charge in [0.15, 0.2) is 0 Å². The summed E-state index contributed by atoms with van der Waals surface area (Å²) in [6.45, 7) is 4.27. The molecule has 0 unspecified atom stereocenters. The molecule has 2 aromatic heterocycles. The topological polar surface area (TPSA) is 67.2 Å². The standard InChI is InChI=1S/C25H23FN6O/c1-16-3-6-22(32-9-2-8-28-32)19(11-16)25(33)30-10-7-17-14-31(23(17)15-30)24-13-27-21-12-18(26)4-5-20(21)29-24/h2-6,8-9,11-13,17,23H,7,10,14-15H2,1H3/t17-,23-/m0/s1. The number of carbonyl (C=O) groups is 1. The third kappa shape index (κ3) is 3.42. The van der Waals surface area contributed by atoms with Crippen molar-refractivity contribution in [1.82, 2.24) is 24.6 Å². The zero-order valence-corrected chi connectivity index (χ0v) is 18.2. The van der Waals surface area contributed by atoms with Crippen molar-refractivity contribution in [1.29, 1.82) is 0 Å². The van der Waals surface area contributed by atoms with Crippen molar-refractivity contribution in [2.24, 2.45) is 5.92 Å². The van der Waals surface area contributed by atoms with E-state index in [9.17, 15) is 9.18 Å².